The van der Waals surface area contributed by atoms with Crippen LogP contribution in [0.2, 0.25) is 0 Å². The van der Waals surface area contributed by atoms with Crippen LogP contribution in [0.25, 0.3) is 0 Å². The Morgan fingerprint density at radius 1 is 1.16 bits per heavy atom. The number of benzene rings is 2. The third-order valence-corrected chi connectivity index (χ3v) is 3.78. The Kier molecular flexibility index (Phi) is 4.45. The fourth-order valence-electron chi connectivity index (χ4n) is 1.63. The lowest BCUT2D eigenvalue weighted by Crippen LogP contribution is -1.92. The quantitative estimate of drug-likeness (QED) is 0.915. The molecule has 0 aromatic heterocycles. The normalized spacial score (nSPS) is 12.2. The summed E-state index contributed by atoms with van der Waals surface area (Å²) >= 11 is 1.34. The second-order valence-electron chi connectivity index (χ2n) is 4.14. The maximum atomic E-state index is 13.9. The highest BCUT2D eigenvalue weighted by Crippen LogP contribution is 2.32. The molecule has 0 fully saturated rings. The lowest BCUT2D eigenvalue weighted by Gasteiger charge is -2.08. The molecule has 19 heavy (non-hydrogen) atoms. The van der Waals surface area contributed by atoms with Gasteiger partial charge in [0.2, 0.25) is 0 Å². The van der Waals surface area contributed by atoms with Gasteiger partial charge in [0.25, 0.3) is 0 Å². The second-order valence-corrected chi connectivity index (χ2v) is 5.26. The Balaban J connectivity index is 2.18. The zero-order chi connectivity index (χ0) is 13.8. The van der Waals surface area contributed by atoms with Crippen LogP contribution in [0.5, 0.6) is 5.75 Å². The maximum Gasteiger partial charge on any atom is 0.137 e. The minimum atomic E-state index is -0.658. The molecular formula is C15H15FO2S. The average Bonchev–Trinajstić information content (AvgIpc) is 2.41. The van der Waals surface area contributed by atoms with E-state index in [4.69, 9.17) is 4.74 Å². The van der Waals surface area contributed by atoms with Gasteiger partial charge in [-0.15, -0.1) is 0 Å². The maximum absolute atomic E-state index is 13.9. The first-order valence-corrected chi connectivity index (χ1v) is 6.71. The van der Waals surface area contributed by atoms with Crippen LogP contribution in [-0.2, 0) is 0 Å². The molecule has 0 spiro atoms. The predicted octanol–water partition coefficient (Wildman–Crippen LogP) is 4.04. The van der Waals surface area contributed by atoms with Crippen LogP contribution >= 0.6 is 11.8 Å². The van der Waals surface area contributed by atoms with Gasteiger partial charge in [0.15, 0.2) is 0 Å². The lowest BCUT2D eigenvalue weighted by molar-refractivity contribution is 0.198. The molecule has 2 rings (SSSR count). The van der Waals surface area contributed by atoms with E-state index >= 15 is 0 Å². The molecule has 1 N–H and O–H groups in total. The minimum Gasteiger partial charge on any atom is -0.497 e. The standard InChI is InChI=1S/C15H15FO2S/c1-10(17)11-3-8-15(14(16)9-11)19-13-6-4-12(18-2)5-7-13/h3-10,17H,1-2H3/t10-/m0/s1. The summed E-state index contributed by atoms with van der Waals surface area (Å²) in [6.45, 7) is 1.62. The molecule has 0 amide bonds. The lowest BCUT2D eigenvalue weighted by atomic mass is 10.1. The first kappa shape index (κ1) is 13.9. The van der Waals surface area contributed by atoms with Crippen molar-refractivity contribution in [2.75, 3.05) is 7.11 Å². The van der Waals surface area contributed by atoms with Crippen molar-refractivity contribution in [2.24, 2.45) is 0 Å². The predicted molar refractivity (Wildman–Crippen MR) is 74.2 cm³/mol. The Morgan fingerprint density at radius 2 is 1.84 bits per heavy atom. The smallest absolute Gasteiger partial charge is 0.137 e. The summed E-state index contributed by atoms with van der Waals surface area (Å²) in [7, 11) is 1.61. The van der Waals surface area contributed by atoms with Crippen LogP contribution in [-0.4, -0.2) is 12.2 Å². The van der Waals surface area contributed by atoms with Gasteiger partial charge in [0.1, 0.15) is 11.6 Å². The van der Waals surface area contributed by atoms with Crippen molar-refractivity contribution in [1.29, 1.82) is 0 Å². The zero-order valence-electron chi connectivity index (χ0n) is 10.8. The van der Waals surface area contributed by atoms with E-state index in [1.807, 2.05) is 24.3 Å². The van der Waals surface area contributed by atoms with Crippen molar-refractivity contribution < 1.29 is 14.2 Å². The second kappa shape index (κ2) is 6.08. The number of ether oxygens (including phenoxy) is 1. The first-order chi connectivity index (χ1) is 9.10. The van der Waals surface area contributed by atoms with E-state index < -0.39 is 6.10 Å². The van der Waals surface area contributed by atoms with E-state index in [0.717, 1.165) is 10.6 Å². The van der Waals surface area contributed by atoms with Gasteiger partial charge < -0.3 is 9.84 Å². The fourth-order valence-corrected chi connectivity index (χ4v) is 2.45. The molecule has 2 aromatic rings. The van der Waals surface area contributed by atoms with Gasteiger partial charge >= 0.3 is 0 Å². The highest BCUT2D eigenvalue weighted by molar-refractivity contribution is 7.99. The van der Waals surface area contributed by atoms with Gasteiger partial charge in [-0.05, 0) is 48.9 Å². The van der Waals surface area contributed by atoms with Gasteiger partial charge in [-0.25, -0.2) is 4.39 Å². The van der Waals surface area contributed by atoms with Crippen molar-refractivity contribution in [2.45, 2.75) is 22.8 Å². The fraction of sp³-hybridized carbons (Fsp3) is 0.200. The van der Waals surface area contributed by atoms with E-state index in [0.29, 0.717) is 10.5 Å². The van der Waals surface area contributed by atoms with Crippen LogP contribution in [0.3, 0.4) is 0 Å². The Labute approximate surface area is 116 Å². The van der Waals surface area contributed by atoms with Gasteiger partial charge in [0, 0.05) is 9.79 Å². The van der Waals surface area contributed by atoms with Gasteiger partial charge in [-0.1, -0.05) is 17.8 Å². The summed E-state index contributed by atoms with van der Waals surface area (Å²) in [5.74, 6) is 0.452. The van der Waals surface area contributed by atoms with Crippen molar-refractivity contribution in [3.63, 3.8) is 0 Å². The molecule has 1 atom stereocenters. The van der Waals surface area contributed by atoms with Gasteiger partial charge in [0.05, 0.1) is 13.2 Å². The van der Waals surface area contributed by atoms with E-state index in [1.54, 1.807) is 26.2 Å². The highest BCUT2D eigenvalue weighted by Gasteiger charge is 2.08. The summed E-state index contributed by atoms with van der Waals surface area (Å²) < 4.78 is 19.0. The zero-order valence-corrected chi connectivity index (χ0v) is 11.6. The summed E-state index contributed by atoms with van der Waals surface area (Å²) in [5, 5.41) is 9.40. The molecule has 0 saturated carbocycles. The number of aliphatic hydroxyl groups is 1. The third kappa shape index (κ3) is 3.49. The molecule has 100 valence electrons. The SMILES string of the molecule is COc1ccc(Sc2ccc([C@H](C)O)cc2F)cc1. The van der Waals surface area contributed by atoms with Crippen molar-refractivity contribution in [3.8, 4) is 5.75 Å². The number of methoxy groups -OCH3 is 1. The highest BCUT2D eigenvalue weighted by atomic mass is 32.2. The van der Waals surface area contributed by atoms with Crippen LogP contribution in [0.15, 0.2) is 52.3 Å². The van der Waals surface area contributed by atoms with Crippen LogP contribution in [0.4, 0.5) is 4.39 Å². The summed E-state index contributed by atoms with van der Waals surface area (Å²) in [6, 6.07) is 12.2. The molecule has 0 saturated heterocycles. The van der Waals surface area contributed by atoms with Crippen molar-refractivity contribution in [1.82, 2.24) is 0 Å². The molecule has 0 unspecified atom stereocenters. The topological polar surface area (TPSA) is 29.5 Å². The van der Waals surface area contributed by atoms with E-state index in [1.165, 1.54) is 17.8 Å². The summed E-state index contributed by atoms with van der Waals surface area (Å²) in [5.41, 5.74) is 0.580. The molecule has 0 heterocycles. The Bertz CT molecular complexity index is 553. The number of hydrogen-bond donors (Lipinski definition) is 1. The summed E-state index contributed by atoms with van der Waals surface area (Å²) in [4.78, 5) is 1.47. The molecule has 0 aliphatic carbocycles. The minimum absolute atomic E-state index is 0.320. The molecule has 0 aliphatic heterocycles. The molecule has 4 heteroatoms. The third-order valence-electron chi connectivity index (χ3n) is 2.73. The van der Waals surface area contributed by atoms with Gasteiger partial charge in [-0.3, -0.25) is 0 Å². The first-order valence-electron chi connectivity index (χ1n) is 5.89. The molecule has 2 aromatic carbocycles. The van der Waals surface area contributed by atoms with Crippen molar-refractivity contribution in [3.05, 3.63) is 53.8 Å². The van der Waals surface area contributed by atoms with E-state index in [9.17, 15) is 9.50 Å². The van der Waals surface area contributed by atoms with Crippen molar-refractivity contribution >= 4 is 11.8 Å². The summed E-state index contributed by atoms with van der Waals surface area (Å²) in [6.07, 6.45) is -0.658. The number of hydrogen-bond acceptors (Lipinski definition) is 3. The molecule has 2 nitrogen and oxygen atoms in total. The van der Waals surface area contributed by atoms with Gasteiger partial charge in [-0.2, -0.15) is 0 Å². The Hall–Kier alpha value is -1.52. The monoisotopic (exact) mass is 278 g/mol. The number of aliphatic hydroxyl groups excluding tert-OH is 1. The molecule has 0 radical (unpaired) electrons. The van der Waals surface area contributed by atoms with Crippen LogP contribution in [0, 0.1) is 5.82 Å². The molecule has 0 bridgehead atoms. The van der Waals surface area contributed by atoms with Crippen LogP contribution in [0.1, 0.15) is 18.6 Å². The molecular weight excluding hydrogens is 263 g/mol. The number of rotatable bonds is 4. The van der Waals surface area contributed by atoms with E-state index in [2.05, 4.69) is 0 Å². The molecule has 0 aliphatic rings. The van der Waals surface area contributed by atoms with E-state index in [-0.39, 0.29) is 5.82 Å². The largest absolute Gasteiger partial charge is 0.497 e. The average molecular weight is 278 g/mol. The van der Waals surface area contributed by atoms with Crippen LogP contribution < -0.4 is 4.74 Å². The Morgan fingerprint density at radius 3 is 2.37 bits per heavy atom. The number of halogens is 1.